The Morgan fingerprint density at radius 3 is 2.41 bits per heavy atom. The van der Waals surface area contributed by atoms with Crippen LogP contribution >= 0.6 is 11.6 Å². The van der Waals surface area contributed by atoms with Crippen molar-refractivity contribution in [1.29, 1.82) is 0 Å². The summed E-state index contributed by atoms with van der Waals surface area (Å²) < 4.78 is 0. The number of hydrogen-bond donors (Lipinski definition) is 1. The van der Waals surface area contributed by atoms with E-state index >= 15 is 0 Å². The molecular formula is C21H21ClN2O3. The maximum absolute atomic E-state index is 12.7. The fraction of sp³-hybridized carbons (Fsp3) is 0.333. The van der Waals surface area contributed by atoms with Gasteiger partial charge >= 0.3 is 0 Å². The van der Waals surface area contributed by atoms with Gasteiger partial charge in [-0.1, -0.05) is 41.9 Å². The zero-order valence-electron chi connectivity index (χ0n) is 14.9. The Morgan fingerprint density at radius 2 is 1.74 bits per heavy atom. The van der Waals surface area contributed by atoms with Crippen LogP contribution in [0.25, 0.3) is 0 Å². The van der Waals surface area contributed by atoms with Gasteiger partial charge in [0.1, 0.15) is 6.54 Å². The average molecular weight is 385 g/mol. The number of rotatable bonds is 3. The molecule has 1 N–H and O–H groups in total. The van der Waals surface area contributed by atoms with E-state index in [1.54, 1.807) is 28.0 Å². The van der Waals surface area contributed by atoms with E-state index in [1.165, 1.54) is 0 Å². The largest absolute Gasteiger partial charge is 0.385 e. The van der Waals surface area contributed by atoms with E-state index in [1.807, 2.05) is 30.3 Å². The Balaban J connectivity index is 1.37. The summed E-state index contributed by atoms with van der Waals surface area (Å²) in [6.45, 7) is 1.48. The van der Waals surface area contributed by atoms with Crippen molar-refractivity contribution in [3.8, 4) is 0 Å². The lowest BCUT2D eigenvalue weighted by Gasteiger charge is -2.39. The van der Waals surface area contributed by atoms with Gasteiger partial charge < -0.3 is 14.9 Å². The van der Waals surface area contributed by atoms with Crippen molar-refractivity contribution in [1.82, 2.24) is 9.80 Å². The minimum atomic E-state index is -0.943. The Kier molecular flexibility index (Phi) is 4.66. The van der Waals surface area contributed by atoms with Gasteiger partial charge in [-0.2, -0.15) is 0 Å². The first-order valence-electron chi connectivity index (χ1n) is 9.10. The van der Waals surface area contributed by atoms with E-state index in [9.17, 15) is 14.7 Å². The molecule has 6 heteroatoms. The van der Waals surface area contributed by atoms with E-state index in [0.717, 1.165) is 11.1 Å². The summed E-state index contributed by atoms with van der Waals surface area (Å²) in [6.07, 6.45) is 0.934. The van der Waals surface area contributed by atoms with Crippen LogP contribution in [0, 0.1) is 0 Å². The lowest BCUT2D eigenvalue weighted by Crippen LogP contribution is -2.48. The summed E-state index contributed by atoms with van der Waals surface area (Å²) in [7, 11) is 0. The fourth-order valence-electron chi connectivity index (χ4n) is 3.88. The molecule has 2 aliphatic heterocycles. The summed E-state index contributed by atoms with van der Waals surface area (Å²) in [4.78, 5) is 28.4. The highest BCUT2D eigenvalue weighted by Gasteiger charge is 2.36. The first-order valence-corrected chi connectivity index (χ1v) is 9.47. The quantitative estimate of drug-likeness (QED) is 0.885. The maximum atomic E-state index is 12.7. The minimum Gasteiger partial charge on any atom is -0.385 e. The molecule has 2 aromatic rings. The molecule has 5 nitrogen and oxygen atoms in total. The number of likely N-dealkylation sites (tertiary alicyclic amines) is 1. The van der Waals surface area contributed by atoms with Gasteiger partial charge in [0, 0.05) is 30.2 Å². The summed E-state index contributed by atoms with van der Waals surface area (Å²) in [5.41, 5.74) is 1.53. The SMILES string of the molecule is O=C(CN1Cc2ccccc2C1=O)N1CCC(O)(c2ccc(Cl)cc2)CC1. The molecule has 1 fully saturated rings. The maximum Gasteiger partial charge on any atom is 0.254 e. The first kappa shape index (κ1) is 18.0. The molecule has 27 heavy (non-hydrogen) atoms. The van der Waals surface area contributed by atoms with Crippen molar-refractivity contribution < 1.29 is 14.7 Å². The van der Waals surface area contributed by atoms with Crippen molar-refractivity contribution in [2.24, 2.45) is 0 Å². The normalized spacial score (nSPS) is 18.5. The van der Waals surface area contributed by atoms with Crippen LogP contribution in [0.5, 0.6) is 0 Å². The van der Waals surface area contributed by atoms with Crippen molar-refractivity contribution >= 4 is 23.4 Å². The molecule has 2 aromatic carbocycles. The molecule has 2 aliphatic rings. The molecule has 140 valence electrons. The highest BCUT2D eigenvalue weighted by molar-refractivity contribution is 6.30. The lowest BCUT2D eigenvalue weighted by molar-refractivity contribution is -0.136. The standard InChI is InChI=1S/C21H21ClN2O3/c22-17-7-5-16(6-8-17)21(27)9-11-23(12-10-21)19(25)14-24-13-15-3-1-2-4-18(15)20(24)26/h1-8,27H,9-14H2. The van der Waals surface area contributed by atoms with Crippen LogP contribution in [0.15, 0.2) is 48.5 Å². The molecule has 2 amide bonds. The Labute approximate surface area is 163 Å². The van der Waals surface area contributed by atoms with Gasteiger partial charge in [-0.3, -0.25) is 9.59 Å². The molecule has 0 unspecified atom stereocenters. The van der Waals surface area contributed by atoms with Crippen LogP contribution in [0.4, 0.5) is 0 Å². The number of piperidine rings is 1. The smallest absolute Gasteiger partial charge is 0.254 e. The molecule has 0 spiro atoms. The number of benzene rings is 2. The Bertz CT molecular complexity index is 873. The number of amides is 2. The lowest BCUT2D eigenvalue weighted by atomic mass is 9.84. The average Bonchev–Trinajstić information content (AvgIpc) is 2.98. The highest BCUT2D eigenvalue weighted by Crippen LogP contribution is 2.33. The molecule has 0 aliphatic carbocycles. The number of nitrogens with zero attached hydrogens (tertiary/aromatic N) is 2. The summed E-state index contributed by atoms with van der Waals surface area (Å²) >= 11 is 5.92. The Morgan fingerprint density at radius 1 is 1.07 bits per heavy atom. The van der Waals surface area contributed by atoms with Crippen LogP contribution in [0.2, 0.25) is 5.02 Å². The third kappa shape index (κ3) is 3.45. The molecule has 2 heterocycles. The zero-order chi connectivity index (χ0) is 19.0. The van der Waals surface area contributed by atoms with Crippen LogP contribution in [-0.2, 0) is 16.9 Å². The molecular weight excluding hydrogens is 364 g/mol. The van der Waals surface area contributed by atoms with Crippen molar-refractivity contribution in [2.75, 3.05) is 19.6 Å². The summed E-state index contributed by atoms with van der Waals surface area (Å²) in [6, 6.07) is 14.7. The minimum absolute atomic E-state index is 0.0747. The van der Waals surface area contributed by atoms with Crippen molar-refractivity contribution in [2.45, 2.75) is 25.0 Å². The number of halogens is 1. The predicted molar refractivity (Wildman–Crippen MR) is 102 cm³/mol. The molecule has 0 aromatic heterocycles. The van der Waals surface area contributed by atoms with Gasteiger partial charge in [-0.05, 0) is 42.2 Å². The van der Waals surface area contributed by atoms with Crippen LogP contribution < -0.4 is 0 Å². The number of carbonyl (C=O) groups is 2. The van der Waals surface area contributed by atoms with Gasteiger partial charge in [0.15, 0.2) is 0 Å². The van der Waals surface area contributed by atoms with E-state index in [-0.39, 0.29) is 18.4 Å². The molecule has 1 saturated heterocycles. The first-order chi connectivity index (χ1) is 13.0. The highest BCUT2D eigenvalue weighted by atomic mass is 35.5. The van der Waals surface area contributed by atoms with Gasteiger partial charge in [0.2, 0.25) is 5.91 Å². The van der Waals surface area contributed by atoms with Crippen molar-refractivity contribution in [3.63, 3.8) is 0 Å². The third-order valence-corrected chi connectivity index (χ3v) is 5.80. The topological polar surface area (TPSA) is 60.9 Å². The van der Waals surface area contributed by atoms with Crippen LogP contribution in [0.1, 0.15) is 34.3 Å². The van der Waals surface area contributed by atoms with Gasteiger partial charge in [0.05, 0.1) is 5.60 Å². The van der Waals surface area contributed by atoms with E-state index in [4.69, 9.17) is 11.6 Å². The van der Waals surface area contributed by atoms with Crippen LogP contribution in [-0.4, -0.2) is 46.4 Å². The molecule has 0 bridgehead atoms. The predicted octanol–water partition coefficient (Wildman–Crippen LogP) is 2.81. The number of hydrogen-bond acceptors (Lipinski definition) is 3. The van der Waals surface area contributed by atoms with Gasteiger partial charge in [0.25, 0.3) is 5.91 Å². The van der Waals surface area contributed by atoms with E-state index in [0.29, 0.717) is 43.1 Å². The van der Waals surface area contributed by atoms with E-state index < -0.39 is 5.60 Å². The molecule has 0 radical (unpaired) electrons. The molecule has 0 saturated carbocycles. The second kappa shape index (κ2) is 6.98. The third-order valence-electron chi connectivity index (χ3n) is 5.55. The van der Waals surface area contributed by atoms with Gasteiger partial charge in [-0.15, -0.1) is 0 Å². The number of carbonyl (C=O) groups excluding carboxylic acids is 2. The van der Waals surface area contributed by atoms with Gasteiger partial charge in [-0.25, -0.2) is 0 Å². The Hall–Kier alpha value is -2.37. The summed E-state index contributed by atoms with van der Waals surface area (Å²) in [5, 5.41) is 11.6. The number of aliphatic hydroxyl groups is 1. The summed E-state index contributed by atoms with van der Waals surface area (Å²) in [5.74, 6) is -0.164. The van der Waals surface area contributed by atoms with Crippen LogP contribution in [0.3, 0.4) is 0 Å². The fourth-order valence-corrected chi connectivity index (χ4v) is 4.01. The monoisotopic (exact) mass is 384 g/mol. The van der Waals surface area contributed by atoms with E-state index in [2.05, 4.69) is 0 Å². The number of fused-ring (bicyclic) bond motifs is 1. The molecule has 0 atom stereocenters. The second-order valence-corrected chi connectivity index (χ2v) is 7.67. The second-order valence-electron chi connectivity index (χ2n) is 7.24. The molecule has 4 rings (SSSR count). The zero-order valence-corrected chi connectivity index (χ0v) is 15.7. The van der Waals surface area contributed by atoms with Crippen molar-refractivity contribution in [3.05, 3.63) is 70.2 Å².